The Kier molecular flexibility index (Phi) is 8.60. The van der Waals surface area contributed by atoms with Gasteiger partial charge in [0.15, 0.2) is 0 Å². The van der Waals surface area contributed by atoms with Gasteiger partial charge in [-0.15, -0.1) is 0 Å². The smallest absolute Gasteiger partial charge is 0.129 e. The molecule has 146 valence electrons. The summed E-state index contributed by atoms with van der Waals surface area (Å²) in [4.78, 5) is 18.4. The van der Waals surface area contributed by atoms with Crippen LogP contribution in [0.5, 0.6) is 0 Å². The molecule has 0 saturated carbocycles. The second-order valence-electron chi connectivity index (χ2n) is 8.03. The molecule has 1 aliphatic rings. The summed E-state index contributed by atoms with van der Waals surface area (Å²) in [6.07, 6.45) is 4.08. The summed E-state index contributed by atoms with van der Waals surface area (Å²) in [6, 6.07) is 9.76. The fourth-order valence-electron chi connectivity index (χ4n) is 3.63. The Morgan fingerprint density at radius 1 is 1.04 bits per heavy atom. The van der Waals surface area contributed by atoms with E-state index < -0.39 is 0 Å². The van der Waals surface area contributed by atoms with Crippen LogP contribution in [0.4, 0.5) is 5.69 Å². The second-order valence-corrected chi connectivity index (χ2v) is 8.03. The maximum Gasteiger partial charge on any atom is 0.129 e. The van der Waals surface area contributed by atoms with E-state index >= 15 is 0 Å². The first kappa shape index (κ1) is 20.9. The molecule has 1 saturated heterocycles. The van der Waals surface area contributed by atoms with Crippen LogP contribution in [0.3, 0.4) is 0 Å². The zero-order chi connectivity index (χ0) is 18.9. The van der Waals surface area contributed by atoms with Crippen molar-refractivity contribution in [2.45, 2.75) is 59.0 Å². The van der Waals surface area contributed by atoms with Crippen molar-refractivity contribution < 1.29 is 4.79 Å². The molecule has 0 bridgehead atoms. The monoisotopic (exact) mass is 359 g/mol. The highest BCUT2D eigenvalue weighted by atomic mass is 16.1. The predicted octanol–water partition coefficient (Wildman–Crippen LogP) is 3.80. The van der Waals surface area contributed by atoms with Crippen LogP contribution in [0.1, 0.15) is 52.0 Å². The molecule has 4 nitrogen and oxygen atoms in total. The van der Waals surface area contributed by atoms with Crippen LogP contribution >= 0.6 is 0 Å². The van der Waals surface area contributed by atoms with Gasteiger partial charge < -0.3 is 14.6 Å². The molecule has 1 heterocycles. The molecule has 0 atom stereocenters. The zero-order valence-corrected chi connectivity index (χ0v) is 17.2. The van der Waals surface area contributed by atoms with Crippen LogP contribution in [0.25, 0.3) is 0 Å². The van der Waals surface area contributed by atoms with Crippen molar-refractivity contribution in [2.24, 2.45) is 0 Å². The van der Waals surface area contributed by atoms with E-state index in [4.69, 9.17) is 0 Å². The lowest BCUT2D eigenvalue weighted by molar-refractivity contribution is -0.117. The van der Waals surface area contributed by atoms with Crippen LogP contribution in [0.15, 0.2) is 24.3 Å². The Morgan fingerprint density at radius 2 is 1.69 bits per heavy atom. The van der Waals surface area contributed by atoms with E-state index in [1.54, 1.807) is 6.92 Å². The van der Waals surface area contributed by atoms with Crippen LogP contribution in [0, 0.1) is 0 Å². The SMILES string of the molecule is CC(=O)CCCCCN(C)Cc1ccc(N2CCN(C(C)C)CC2)cc1. The van der Waals surface area contributed by atoms with E-state index in [1.165, 1.54) is 17.7 Å². The van der Waals surface area contributed by atoms with Crippen molar-refractivity contribution in [1.82, 2.24) is 9.80 Å². The lowest BCUT2D eigenvalue weighted by atomic mass is 10.1. The lowest BCUT2D eigenvalue weighted by Gasteiger charge is -2.38. The molecule has 1 aliphatic heterocycles. The van der Waals surface area contributed by atoms with Gasteiger partial charge in [-0.3, -0.25) is 4.90 Å². The van der Waals surface area contributed by atoms with E-state index in [9.17, 15) is 4.79 Å². The minimum Gasteiger partial charge on any atom is -0.369 e. The standard InChI is InChI=1S/C22H37N3O/c1-19(2)24-14-16-25(17-15-24)22-11-9-21(10-12-22)18-23(4)13-7-5-6-8-20(3)26/h9-12,19H,5-8,13-18H2,1-4H3. The molecule has 2 rings (SSSR count). The highest BCUT2D eigenvalue weighted by molar-refractivity contribution is 5.75. The molecule has 4 heteroatoms. The quantitative estimate of drug-likeness (QED) is 0.594. The number of Topliss-reactive ketones (excluding diaryl/α,β-unsaturated/α-hetero) is 1. The van der Waals surface area contributed by atoms with Crippen LogP contribution in [-0.4, -0.2) is 61.4 Å². The number of unbranched alkanes of at least 4 members (excludes halogenated alkanes) is 2. The minimum atomic E-state index is 0.309. The molecular formula is C22H37N3O. The summed E-state index contributed by atoms with van der Waals surface area (Å²) in [5.41, 5.74) is 2.73. The summed E-state index contributed by atoms with van der Waals surface area (Å²) in [6.45, 7) is 12.9. The molecule has 0 radical (unpaired) electrons. The first-order valence-electron chi connectivity index (χ1n) is 10.2. The molecule has 1 aromatic rings. The molecule has 0 amide bonds. The molecule has 0 N–H and O–H groups in total. The first-order valence-corrected chi connectivity index (χ1v) is 10.2. The van der Waals surface area contributed by atoms with E-state index in [-0.39, 0.29) is 0 Å². The van der Waals surface area contributed by atoms with Crippen LogP contribution in [0.2, 0.25) is 0 Å². The average molecular weight is 360 g/mol. The Morgan fingerprint density at radius 3 is 2.27 bits per heavy atom. The first-order chi connectivity index (χ1) is 12.5. The van der Waals surface area contributed by atoms with Crippen molar-refractivity contribution in [2.75, 3.05) is 44.7 Å². The molecule has 1 aromatic carbocycles. The number of benzene rings is 1. The van der Waals surface area contributed by atoms with Crippen LogP contribution < -0.4 is 4.90 Å². The molecule has 0 aliphatic carbocycles. The van der Waals surface area contributed by atoms with Crippen molar-refractivity contribution in [1.29, 1.82) is 0 Å². The molecule has 26 heavy (non-hydrogen) atoms. The van der Waals surface area contributed by atoms with Gasteiger partial charge in [-0.05, 0) is 64.9 Å². The normalized spacial score (nSPS) is 15.8. The number of rotatable bonds is 10. The van der Waals surface area contributed by atoms with E-state index in [0.717, 1.165) is 58.5 Å². The van der Waals surface area contributed by atoms with Gasteiger partial charge in [-0.25, -0.2) is 0 Å². The zero-order valence-electron chi connectivity index (χ0n) is 17.2. The number of ketones is 1. The number of anilines is 1. The third-order valence-corrected chi connectivity index (χ3v) is 5.37. The number of piperazine rings is 1. The Hall–Kier alpha value is -1.39. The molecule has 0 unspecified atom stereocenters. The third-order valence-electron chi connectivity index (χ3n) is 5.37. The number of nitrogens with zero attached hydrogens (tertiary/aromatic N) is 3. The van der Waals surface area contributed by atoms with Crippen molar-refractivity contribution >= 4 is 11.5 Å². The van der Waals surface area contributed by atoms with Gasteiger partial charge in [0, 0.05) is 50.9 Å². The van der Waals surface area contributed by atoms with E-state index in [2.05, 4.69) is 59.9 Å². The van der Waals surface area contributed by atoms with Crippen molar-refractivity contribution in [3.8, 4) is 0 Å². The highest BCUT2D eigenvalue weighted by Crippen LogP contribution is 2.19. The van der Waals surface area contributed by atoms with Gasteiger partial charge in [0.05, 0.1) is 0 Å². The van der Waals surface area contributed by atoms with Gasteiger partial charge in [-0.2, -0.15) is 0 Å². The maximum atomic E-state index is 11.0. The van der Waals surface area contributed by atoms with Gasteiger partial charge in [0.25, 0.3) is 0 Å². The number of carbonyl (C=O) groups is 1. The van der Waals surface area contributed by atoms with Gasteiger partial charge in [0.2, 0.25) is 0 Å². The highest BCUT2D eigenvalue weighted by Gasteiger charge is 2.18. The molecule has 1 fully saturated rings. The summed E-state index contributed by atoms with van der Waals surface area (Å²) < 4.78 is 0. The number of carbonyl (C=O) groups excluding carboxylic acids is 1. The minimum absolute atomic E-state index is 0.309. The maximum absolute atomic E-state index is 11.0. The van der Waals surface area contributed by atoms with Gasteiger partial charge in [0.1, 0.15) is 5.78 Å². The van der Waals surface area contributed by atoms with E-state index in [0.29, 0.717) is 11.8 Å². The summed E-state index contributed by atoms with van der Waals surface area (Å²) >= 11 is 0. The van der Waals surface area contributed by atoms with Crippen molar-refractivity contribution in [3.63, 3.8) is 0 Å². The van der Waals surface area contributed by atoms with E-state index in [1.807, 2.05) is 0 Å². The Balaban J connectivity index is 1.71. The molecule has 0 aromatic heterocycles. The lowest BCUT2D eigenvalue weighted by Crippen LogP contribution is -2.48. The third kappa shape index (κ3) is 7.08. The summed E-state index contributed by atoms with van der Waals surface area (Å²) in [7, 11) is 2.18. The van der Waals surface area contributed by atoms with Gasteiger partial charge >= 0.3 is 0 Å². The topological polar surface area (TPSA) is 26.8 Å². The molecule has 0 spiro atoms. The fourth-order valence-corrected chi connectivity index (χ4v) is 3.63. The molecular weight excluding hydrogens is 322 g/mol. The number of hydrogen-bond donors (Lipinski definition) is 0. The fraction of sp³-hybridized carbons (Fsp3) is 0.682. The van der Waals surface area contributed by atoms with Crippen LogP contribution in [-0.2, 0) is 11.3 Å². The number of hydrogen-bond acceptors (Lipinski definition) is 4. The summed E-state index contributed by atoms with van der Waals surface area (Å²) in [5.74, 6) is 0.309. The second kappa shape index (κ2) is 10.7. The van der Waals surface area contributed by atoms with Gasteiger partial charge in [-0.1, -0.05) is 18.6 Å². The van der Waals surface area contributed by atoms with Crippen molar-refractivity contribution in [3.05, 3.63) is 29.8 Å². The summed E-state index contributed by atoms with van der Waals surface area (Å²) in [5, 5.41) is 0. The Bertz CT molecular complexity index is 533. The predicted molar refractivity (Wildman–Crippen MR) is 111 cm³/mol. The largest absolute Gasteiger partial charge is 0.369 e. The average Bonchev–Trinajstić information content (AvgIpc) is 2.62. The Labute approximate surface area is 160 Å².